The van der Waals surface area contributed by atoms with E-state index in [4.69, 9.17) is 4.74 Å². The molecule has 20 heavy (non-hydrogen) atoms. The van der Waals surface area contributed by atoms with E-state index in [-0.39, 0.29) is 0 Å². The summed E-state index contributed by atoms with van der Waals surface area (Å²) in [5, 5.41) is 12.4. The van der Waals surface area contributed by atoms with Crippen LogP contribution in [0, 0.1) is 11.3 Å². The van der Waals surface area contributed by atoms with Gasteiger partial charge in [-0.15, -0.1) is 0 Å². The van der Waals surface area contributed by atoms with Crippen molar-refractivity contribution in [3.8, 4) is 11.8 Å². The predicted octanol–water partition coefficient (Wildman–Crippen LogP) is 3.44. The zero-order chi connectivity index (χ0) is 14.4. The molecule has 2 aromatic rings. The molecule has 0 atom stereocenters. The molecule has 2 aromatic carbocycles. The summed E-state index contributed by atoms with van der Waals surface area (Å²) >= 11 is 1.59. The molecule has 102 valence electrons. The standard InChI is InChI=1S/C16H16N2OS/c1-18-11-12-3-8-16(13(9-12)10-17)20-15-6-4-14(19-2)5-7-15/h3-9,18H,11H2,1-2H3. The Morgan fingerprint density at radius 1 is 1.20 bits per heavy atom. The molecule has 0 aliphatic heterocycles. The summed E-state index contributed by atoms with van der Waals surface area (Å²) in [6.07, 6.45) is 0. The summed E-state index contributed by atoms with van der Waals surface area (Å²) in [5.74, 6) is 0.833. The van der Waals surface area contributed by atoms with Crippen LogP contribution in [0.15, 0.2) is 52.3 Å². The Morgan fingerprint density at radius 2 is 1.95 bits per heavy atom. The summed E-state index contributed by atoms with van der Waals surface area (Å²) in [6.45, 7) is 0.766. The van der Waals surface area contributed by atoms with Crippen molar-refractivity contribution < 1.29 is 4.74 Å². The van der Waals surface area contributed by atoms with Crippen LogP contribution in [0.2, 0.25) is 0 Å². The number of rotatable bonds is 5. The third-order valence-corrected chi connectivity index (χ3v) is 3.92. The molecular formula is C16H16N2OS. The van der Waals surface area contributed by atoms with Gasteiger partial charge >= 0.3 is 0 Å². The second kappa shape index (κ2) is 6.99. The third kappa shape index (κ3) is 3.53. The molecule has 0 heterocycles. The van der Waals surface area contributed by atoms with Crippen LogP contribution in [0.1, 0.15) is 11.1 Å². The van der Waals surface area contributed by atoms with E-state index in [9.17, 15) is 5.26 Å². The highest BCUT2D eigenvalue weighted by molar-refractivity contribution is 7.99. The van der Waals surface area contributed by atoms with Crippen LogP contribution >= 0.6 is 11.8 Å². The van der Waals surface area contributed by atoms with Crippen LogP contribution in [0.3, 0.4) is 0 Å². The van der Waals surface area contributed by atoms with Crippen molar-refractivity contribution in [3.63, 3.8) is 0 Å². The molecule has 0 radical (unpaired) electrons. The van der Waals surface area contributed by atoms with Crippen LogP contribution in [-0.4, -0.2) is 14.2 Å². The van der Waals surface area contributed by atoms with Crippen molar-refractivity contribution in [2.75, 3.05) is 14.2 Å². The molecule has 0 spiro atoms. The molecule has 0 aliphatic carbocycles. The zero-order valence-corrected chi connectivity index (χ0v) is 12.3. The number of hydrogen-bond acceptors (Lipinski definition) is 4. The Kier molecular flexibility index (Phi) is 5.05. The number of benzene rings is 2. The molecule has 2 rings (SSSR count). The van der Waals surface area contributed by atoms with Gasteiger partial charge in [-0.1, -0.05) is 17.8 Å². The van der Waals surface area contributed by atoms with Gasteiger partial charge in [0.05, 0.1) is 12.7 Å². The average molecular weight is 284 g/mol. The maximum absolute atomic E-state index is 9.27. The average Bonchev–Trinajstić information content (AvgIpc) is 2.50. The number of nitrogens with zero attached hydrogens (tertiary/aromatic N) is 1. The van der Waals surface area contributed by atoms with E-state index in [1.54, 1.807) is 18.9 Å². The highest BCUT2D eigenvalue weighted by atomic mass is 32.2. The minimum Gasteiger partial charge on any atom is -0.497 e. The van der Waals surface area contributed by atoms with Gasteiger partial charge in [-0.25, -0.2) is 0 Å². The molecule has 4 heteroatoms. The topological polar surface area (TPSA) is 45.0 Å². The van der Waals surface area contributed by atoms with Crippen molar-refractivity contribution in [1.29, 1.82) is 5.26 Å². The number of nitrogens with one attached hydrogen (secondary N) is 1. The first-order valence-electron chi connectivity index (χ1n) is 6.26. The van der Waals surface area contributed by atoms with Crippen LogP contribution in [-0.2, 0) is 6.54 Å². The molecule has 0 saturated carbocycles. The van der Waals surface area contributed by atoms with E-state index in [2.05, 4.69) is 11.4 Å². The van der Waals surface area contributed by atoms with Crippen molar-refractivity contribution in [2.45, 2.75) is 16.3 Å². The number of ether oxygens (including phenoxy) is 1. The molecule has 1 N–H and O–H groups in total. The maximum atomic E-state index is 9.27. The Morgan fingerprint density at radius 3 is 2.55 bits per heavy atom. The maximum Gasteiger partial charge on any atom is 0.118 e. The number of nitriles is 1. The fraction of sp³-hybridized carbons (Fsp3) is 0.188. The molecule has 0 unspecified atom stereocenters. The Balaban J connectivity index is 2.21. The highest BCUT2D eigenvalue weighted by Gasteiger charge is 2.06. The highest BCUT2D eigenvalue weighted by Crippen LogP contribution is 2.31. The largest absolute Gasteiger partial charge is 0.497 e. The van der Waals surface area contributed by atoms with E-state index in [0.717, 1.165) is 27.6 Å². The van der Waals surface area contributed by atoms with Gasteiger partial charge in [0.15, 0.2) is 0 Å². The van der Waals surface area contributed by atoms with Gasteiger partial charge in [0.1, 0.15) is 11.8 Å². The summed E-state index contributed by atoms with van der Waals surface area (Å²) < 4.78 is 5.14. The molecular weight excluding hydrogens is 268 g/mol. The molecule has 0 aromatic heterocycles. The Bertz CT molecular complexity index is 617. The summed E-state index contributed by atoms with van der Waals surface area (Å²) in [6, 6.07) is 16.1. The lowest BCUT2D eigenvalue weighted by Gasteiger charge is -2.07. The SMILES string of the molecule is CNCc1ccc(Sc2ccc(OC)cc2)c(C#N)c1. The van der Waals surface area contributed by atoms with E-state index < -0.39 is 0 Å². The van der Waals surface area contributed by atoms with Gasteiger partial charge in [-0.05, 0) is 49.0 Å². The number of hydrogen-bond donors (Lipinski definition) is 1. The first-order chi connectivity index (χ1) is 9.76. The van der Waals surface area contributed by atoms with Gasteiger partial charge in [0, 0.05) is 16.3 Å². The van der Waals surface area contributed by atoms with E-state index in [0.29, 0.717) is 5.56 Å². The Hall–Kier alpha value is -1.96. The summed E-state index contributed by atoms with van der Waals surface area (Å²) in [5.41, 5.74) is 1.82. The molecule has 0 bridgehead atoms. The minimum absolute atomic E-state index is 0.707. The van der Waals surface area contributed by atoms with E-state index in [1.165, 1.54) is 0 Å². The first kappa shape index (κ1) is 14.4. The lowest BCUT2D eigenvalue weighted by Crippen LogP contribution is -2.05. The lowest BCUT2D eigenvalue weighted by atomic mass is 10.1. The fourth-order valence-electron chi connectivity index (χ4n) is 1.84. The van der Waals surface area contributed by atoms with Gasteiger partial charge in [-0.2, -0.15) is 5.26 Å². The van der Waals surface area contributed by atoms with Crippen LogP contribution in [0.4, 0.5) is 0 Å². The smallest absolute Gasteiger partial charge is 0.118 e. The third-order valence-electron chi connectivity index (χ3n) is 2.83. The second-order valence-corrected chi connectivity index (χ2v) is 5.37. The first-order valence-corrected chi connectivity index (χ1v) is 7.08. The fourth-order valence-corrected chi connectivity index (χ4v) is 2.72. The predicted molar refractivity (Wildman–Crippen MR) is 81.0 cm³/mol. The van der Waals surface area contributed by atoms with Crippen LogP contribution in [0.25, 0.3) is 0 Å². The molecule has 0 aliphatic rings. The lowest BCUT2D eigenvalue weighted by molar-refractivity contribution is 0.414. The summed E-state index contributed by atoms with van der Waals surface area (Å²) in [4.78, 5) is 2.06. The van der Waals surface area contributed by atoms with E-state index >= 15 is 0 Å². The molecule has 0 saturated heterocycles. The van der Waals surface area contributed by atoms with Crippen LogP contribution in [0.5, 0.6) is 5.75 Å². The normalized spacial score (nSPS) is 10.1. The second-order valence-electron chi connectivity index (χ2n) is 4.25. The van der Waals surface area contributed by atoms with Crippen molar-refractivity contribution in [1.82, 2.24) is 5.32 Å². The minimum atomic E-state index is 0.707. The molecule has 3 nitrogen and oxygen atoms in total. The van der Waals surface area contributed by atoms with E-state index in [1.807, 2.05) is 49.5 Å². The quantitative estimate of drug-likeness (QED) is 0.913. The molecule has 0 fully saturated rings. The summed E-state index contributed by atoms with van der Waals surface area (Å²) in [7, 11) is 3.54. The number of methoxy groups -OCH3 is 1. The van der Waals surface area contributed by atoms with Gasteiger partial charge in [0.25, 0.3) is 0 Å². The van der Waals surface area contributed by atoms with Gasteiger partial charge in [0.2, 0.25) is 0 Å². The van der Waals surface area contributed by atoms with Crippen molar-refractivity contribution >= 4 is 11.8 Å². The van der Waals surface area contributed by atoms with Gasteiger partial charge in [-0.3, -0.25) is 0 Å². The van der Waals surface area contributed by atoms with Gasteiger partial charge < -0.3 is 10.1 Å². The Labute approximate surface area is 123 Å². The van der Waals surface area contributed by atoms with Crippen molar-refractivity contribution in [3.05, 3.63) is 53.6 Å². The molecule has 0 amide bonds. The van der Waals surface area contributed by atoms with Crippen LogP contribution < -0.4 is 10.1 Å². The monoisotopic (exact) mass is 284 g/mol. The zero-order valence-electron chi connectivity index (χ0n) is 11.5. The van der Waals surface area contributed by atoms with Crippen molar-refractivity contribution in [2.24, 2.45) is 0 Å².